The van der Waals surface area contributed by atoms with Gasteiger partial charge in [-0.25, -0.2) is 19.3 Å². The normalized spacial score (nSPS) is 10.8. The van der Waals surface area contributed by atoms with Gasteiger partial charge >= 0.3 is 0 Å². The van der Waals surface area contributed by atoms with E-state index in [0.717, 1.165) is 16.1 Å². The summed E-state index contributed by atoms with van der Waals surface area (Å²) in [7, 11) is 0. The largest absolute Gasteiger partial charge is 0.231 e. The van der Waals surface area contributed by atoms with Crippen molar-refractivity contribution in [3.8, 4) is 21.8 Å². The van der Waals surface area contributed by atoms with Gasteiger partial charge in [-0.2, -0.15) is 0 Å². The molecule has 0 amide bonds. The van der Waals surface area contributed by atoms with E-state index in [1.165, 1.54) is 35.2 Å². The van der Waals surface area contributed by atoms with Crippen molar-refractivity contribution in [3.63, 3.8) is 0 Å². The number of halogens is 2. The third-order valence-electron chi connectivity index (χ3n) is 2.77. The molecule has 3 nitrogen and oxygen atoms in total. The molecular formula is C14H9ClFN3S2. The predicted octanol–water partition coefficient (Wildman–Crippen LogP) is 4.78. The Bertz CT molecular complexity index is 774. The Morgan fingerprint density at radius 3 is 2.62 bits per heavy atom. The summed E-state index contributed by atoms with van der Waals surface area (Å²) < 4.78 is 13.5. The van der Waals surface area contributed by atoms with Crippen molar-refractivity contribution in [2.45, 2.75) is 5.16 Å². The van der Waals surface area contributed by atoms with Crippen molar-refractivity contribution in [1.29, 1.82) is 0 Å². The minimum absolute atomic E-state index is 0.284. The molecule has 0 fully saturated rings. The molecule has 0 spiro atoms. The van der Waals surface area contributed by atoms with Gasteiger partial charge in [-0.15, -0.1) is 11.3 Å². The van der Waals surface area contributed by atoms with Crippen molar-refractivity contribution in [3.05, 3.63) is 46.8 Å². The van der Waals surface area contributed by atoms with Gasteiger partial charge in [-0.1, -0.05) is 23.4 Å². The van der Waals surface area contributed by atoms with Crippen molar-refractivity contribution in [2.24, 2.45) is 0 Å². The predicted molar refractivity (Wildman–Crippen MR) is 85.3 cm³/mol. The van der Waals surface area contributed by atoms with Crippen molar-refractivity contribution in [2.75, 3.05) is 6.26 Å². The molecule has 0 N–H and O–H groups in total. The van der Waals surface area contributed by atoms with Gasteiger partial charge in [0.15, 0.2) is 9.62 Å². The standard InChI is InChI=1S/C14H9ClFN3S2/c1-20-14-17-7-6-10(18-14)12-11(19-13(15)21-12)8-2-4-9(16)5-3-8/h2-7H,1H3. The van der Waals surface area contributed by atoms with Gasteiger partial charge in [0.2, 0.25) is 0 Å². The van der Waals surface area contributed by atoms with Gasteiger partial charge in [-0.05, 0) is 36.6 Å². The molecule has 3 aromatic rings. The van der Waals surface area contributed by atoms with Crippen LogP contribution in [0.1, 0.15) is 0 Å². The zero-order chi connectivity index (χ0) is 14.8. The summed E-state index contributed by atoms with van der Waals surface area (Å²) in [6.07, 6.45) is 3.62. The topological polar surface area (TPSA) is 38.7 Å². The molecule has 0 bridgehead atoms. The third kappa shape index (κ3) is 3.07. The molecule has 21 heavy (non-hydrogen) atoms. The Morgan fingerprint density at radius 1 is 1.14 bits per heavy atom. The average Bonchev–Trinajstić information content (AvgIpc) is 2.90. The van der Waals surface area contributed by atoms with Crippen LogP contribution in [-0.4, -0.2) is 21.2 Å². The highest BCUT2D eigenvalue weighted by molar-refractivity contribution is 7.98. The summed E-state index contributed by atoms with van der Waals surface area (Å²) >= 11 is 8.87. The molecule has 2 aromatic heterocycles. The van der Waals surface area contributed by atoms with E-state index in [1.54, 1.807) is 18.3 Å². The first kappa shape index (κ1) is 14.4. The number of hydrogen-bond acceptors (Lipinski definition) is 5. The molecule has 106 valence electrons. The molecule has 2 heterocycles. The van der Waals surface area contributed by atoms with E-state index in [9.17, 15) is 4.39 Å². The molecule has 0 atom stereocenters. The summed E-state index contributed by atoms with van der Waals surface area (Å²) in [4.78, 5) is 13.8. The fourth-order valence-electron chi connectivity index (χ4n) is 1.84. The molecule has 0 saturated heterocycles. The van der Waals surface area contributed by atoms with Crippen LogP contribution < -0.4 is 0 Å². The molecule has 3 rings (SSSR count). The summed E-state index contributed by atoms with van der Waals surface area (Å²) in [5, 5.41) is 0.682. The molecule has 0 aliphatic carbocycles. The second kappa shape index (κ2) is 6.09. The second-order valence-corrected chi connectivity index (χ2v) is 6.43. The molecule has 0 saturated carbocycles. The summed E-state index contributed by atoms with van der Waals surface area (Å²) in [5.74, 6) is -0.284. The van der Waals surface area contributed by atoms with Gasteiger partial charge in [0, 0.05) is 11.8 Å². The van der Waals surface area contributed by atoms with Gasteiger partial charge in [0.1, 0.15) is 5.82 Å². The number of thiazole rings is 1. The second-order valence-electron chi connectivity index (χ2n) is 4.08. The Hall–Kier alpha value is -1.50. The van der Waals surface area contributed by atoms with Gasteiger partial charge < -0.3 is 0 Å². The van der Waals surface area contributed by atoms with Crippen molar-refractivity contribution < 1.29 is 4.39 Å². The maximum Gasteiger partial charge on any atom is 0.187 e. The Balaban J connectivity index is 2.13. The first-order valence-electron chi connectivity index (χ1n) is 5.97. The molecule has 0 radical (unpaired) electrons. The van der Waals surface area contributed by atoms with Crippen LogP contribution in [0.3, 0.4) is 0 Å². The first-order chi connectivity index (χ1) is 10.2. The summed E-state index contributed by atoms with van der Waals surface area (Å²) in [6, 6.07) is 7.98. The van der Waals surface area contributed by atoms with E-state index in [0.29, 0.717) is 15.3 Å². The van der Waals surface area contributed by atoms with E-state index < -0.39 is 0 Å². The Morgan fingerprint density at radius 2 is 1.90 bits per heavy atom. The van der Waals surface area contributed by atoms with E-state index in [-0.39, 0.29) is 5.82 Å². The van der Waals surface area contributed by atoms with Crippen LogP contribution in [-0.2, 0) is 0 Å². The van der Waals surface area contributed by atoms with Crippen LogP contribution in [0.2, 0.25) is 4.47 Å². The third-order valence-corrected chi connectivity index (χ3v) is 4.51. The van der Waals surface area contributed by atoms with Gasteiger partial charge in [-0.3, -0.25) is 0 Å². The van der Waals surface area contributed by atoms with Crippen molar-refractivity contribution in [1.82, 2.24) is 15.0 Å². The smallest absolute Gasteiger partial charge is 0.187 e. The summed E-state index contributed by atoms with van der Waals surface area (Å²) in [5.41, 5.74) is 2.27. The lowest BCUT2D eigenvalue weighted by Crippen LogP contribution is -1.89. The highest BCUT2D eigenvalue weighted by Gasteiger charge is 2.15. The van der Waals surface area contributed by atoms with Crippen LogP contribution in [0.5, 0.6) is 0 Å². The van der Waals surface area contributed by atoms with Gasteiger partial charge in [0.05, 0.1) is 16.3 Å². The Labute approximate surface area is 134 Å². The van der Waals surface area contributed by atoms with Crippen LogP contribution >= 0.6 is 34.7 Å². The first-order valence-corrected chi connectivity index (χ1v) is 8.39. The zero-order valence-electron chi connectivity index (χ0n) is 10.9. The fraction of sp³-hybridized carbons (Fsp3) is 0.0714. The average molecular weight is 338 g/mol. The fourth-order valence-corrected chi connectivity index (χ4v) is 3.29. The number of benzene rings is 1. The van der Waals surface area contributed by atoms with Gasteiger partial charge in [0.25, 0.3) is 0 Å². The van der Waals surface area contributed by atoms with E-state index in [1.807, 2.05) is 12.3 Å². The molecule has 0 unspecified atom stereocenters. The van der Waals surface area contributed by atoms with E-state index in [2.05, 4.69) is 15.0 Å². The molecule has 7 heteroatoms. The lowest BCUT2D eigenvalue weighted by Gasteiger charge is -2.03. The van der Waals surface area contributed by atoms with Crippen LogP contribution in [0.4, 0.5) is 4.39 Å². The van der Waals surface area contributed by atoms with Crippen LogP contribution in [0, 0.1) is 5.82 Å². The molecule has 0 aliphatic rings. The van der Waals surface area contributed by atoms with Crippen LogP contribution in [0.15, 0.2) is 41.7 Å². The lowest BCUT2D eigenvalue weighted by molar-refractivity contribution is 0.628. The zero-order valence-corrected chi connectivity index (χ0v) is 13.3. The molecule has 1 aromatic carbocycles. The summed E-state index contributed by atoms with van der Waals surface area (Å²) in [6.45, 7) is 0. The maximum atomic E-state index is 13.1. The quantitative estimate of drug-likeness (QED) is 0.509. The Kier molecular flexibility index (Phi) is 4.19. The SMILES string of the molecule is CSc1nccc(-c2sc(Cl)nc2-c2ccc(F)cc2)n1. The lowest BCUT2D eigenvalue weighted by atomic mass is 10.1. The van der Waals surface area contributed by atoms with E-state index in [4.69, 9.17) is 11.6 Å². The molecule has 0 aliphatic heterocycles. The minimum atomic E-state index is -0.284. The highest BCUT2D eigenvalue weighted by Crippen LogP contribution is 2.38. The monoisotopic (exact) mass is 337 g/mol. The van der Waals surface area contributed by atoms with Crippen LogP contribution in [0.25, 0.3) is 21.8 Å². The molecular weight excluding hydrogens is 329 g/mol. The maximum absolute atomic E-state index is 13.1. The number of thioether (sulfide) groups is 1. The number of aromatic nitrogens is 3. The van der Waals surface area contributed by atoms with E-state index >= 15 is 0 Å². The highest BCUT2D eigenvalue weighted by atomic mass is 35.5. The van der Waals surface area contributed by atoms with Crippen molar-refractivity contribution >= 4 is 34.7 Å². The number of hydrogen-bond donors (Lipinski definition) is 0. The number of rotatable bonds is 3. The number of nitrogens with zero attached hydrogens (tertiary/aromatic N) is 3. The minimum Gasteiger partial charge on any atom is -0.231 e.